The maximum absolute atomic E-state index is 12.7. The highest BCUT2D eigenvalue weighted by molar-refractivity contribution is 5.95. The first kappa shape index (κ1) is 19.1. The Balaban J connectivity index is 1.62. The summed E-state index contributed by atoms with van der Waals surface area (Å²) in [6.07, 6.45) is 0. The van der Waals surface area contributed by atoms with E-state index in [4.69, 9.17) is 0 Å². The Morgan fingerprint density at radius 2 is 1.59 bits per heavy atom. The van der Waals surface area contributed by atoms with Crippen LogP contribution in [-0.4, -0.2) is 43.0 Å². The van der Waals surface area contributed by atoms with Crippen LogP contribution in [0.4, 0.5) is 0 Å². The third-order valence-electron chi connectivity index (χ3n) is 5.56. The fraction of sp³-hybridized carbons (Fsp3) is 0.364. The molecule has 3 rings (SSSR count). The lowest BCUT2D eigenvalue weighted by atomic mass is 9.98. The summed E-state index contributed by atoms with van der Waals surface area (Å²) in [5.41, 5.74) is 4.57. The standard InChI is InChI=1S/C22H26N2O3/c1-15-4-9-20(16(2)14-15)17(3)23-10-12-24(13-11-23)21(25)18-5-7-19(8-6-18)22(26)27/h4-9,14,17H,10-13H2,1-3H3,(H,26,27)/t17-/m0/s1. The van der Waals surface area contributed by atoms with Gasteiger partial charge in [-0.1, -0.05) is 35.9 Å². The quantitative estimate of drug-likeness (QED) is 0.869. The molecule has 1 fully saturated rings. The van der Waals surface area contributed by atoms with E-state index in [1.54, 1.807) is 12.1 Å². The van der Waals surface area contributed by atoms with E-state index in [1.807, 2.05) is 4.90 Å². The van der Waals surface area contributed by atoms with Crippen LogP contribution >= 0.6 is 0 Å². The summed E-state index contributed by atoms with van der Waals surface area (Å²) < 4.78 is 0. The lowest BCUT2D eigenvalue weighted by molar-refractivity contribution is -0.933. The molecule has 1 amide bonds. The number of quaternary nitrogens is 1. The number of hydrogen-bond acceptors (Lipinski definition) is 3. The zero-order chi connectivity index (χ0) is 19.6. The van der Waals surface area contributed by atoms with Crippen molar-refractivity contribution in [1.29, 1.82) is 0 Å². The fourth-order valence-electron chi connectivity index (χ4n) is 3.89. The monoisotopic (exact) mass is 366 g/mol. The lowest BCUT2D eigenvalue weighted by Crippen LogP contribution is -3.14. The number of nitrogens with zero attached hydrogens (tertiary/aromatic N) is 1. The van der Waals surface area contributed by atoms with Crippen LogP contribution in [0.5, 0.6) is 0 Å². The van der Waals surface area contributed by atoms with E-state index in [0.29, 0.717) is 24.7 Å². The van der Waals surface area contributed by atoms with Crippen LogP contribution in [0.25, 0.3) is 0 Å². The number of aromatic carboxylic acids is 1. The first-order chi connectivity index (χ1) is 12.9. The van der Waals surface area contributed by atoms with Gasteiger partial charge in [-0.3, -0.25) is 4.79 Å². The van der Waals surface area contributed by atoms with E-state index in [0.717, 1.165) is 13.1 Å². The van der Waals surface area contributed by atoms with Gasteiger partial charge in [-0.25, -0.2) is 0 Å². The molecule has 1 aliphatic heterocycles. The van der Waals surface area contributed by atoms with Gasteiger partial charge in [0.15, 0.2) is 0 Å². The van der Waals surface area contributed by atoms with Crippen LogP contribution in [0.2, 0.25) is 0 Å². The molecule has 1 saturated heterocycles. The van der Waals surface area contributed by atoms with Gasteiger partial charge in [0.05, 0.1) is 32.1 Å². The number of benzene rings is 2. The molecule has 1 atom stereocenters. The molecule has 1 N–H and O–H groups in total. The van der Waals surface area contributed by atoms with E-state index in [2.05, 4.69) is 39.0 Å². The number of carbonyl (C=O) groups is 2. The van der Waals surface area contributed by atoms with Crippen molar-refractivity contribution in [3.05, 3.63) is 70.3 Å². The Morgan fingerprint density at radius 3 is 2.15 bits per heavy atom. The van der Waals surface area contributed by atoms with Crippen molar-refractivity contribution in [2.45, 2.75) is 26.8 Å². The Kier molecular flexibility index (Phi) is 5.61. The van der Waals surface area contributed by atoms with Gasteiger partial charge in [-0.2, -0.15) is 0 Å². The molecule has 5 heteroatoms. The van der Waals surface area contributed by atoms with E-state index < -0.39 is 5.97 Å². The molecule has 5 nitrogen and oxygen atoms in total. The highest BCUT2D eigenvalue weighted by atomic mass is 16.4. The van der Waals surface area contributed by atoms with Gasteiger partial charge in [-0.15, -0.1) is 0 Å². The number of carboxylic acid groups (broad SMARTS) is 1. The Labute approximate surface area is 160 Å². The average molecular weight is 366 g/mol. The minimum Gasteiger partial charge on any atom is -0.545 e. The molecule has 0 unspecified atom stereocenters. The Morgan fingerprint density at radius 1 is 1.00 bits per heavy atom. The second-order valence-electron chi connectivity index (χ2n) is 7.40. The Bertz CT molecular complexity index is 837. The molecule has 0 aromatic heterocycles. The molecule has 0 aliphatic carbocycles. The van der Waals surface area contributed by atoms with Crippen LogP contribution in [-0.2, 0) is 0 Å². The molecule has 142 valence electrons. The van der Waals surface area contributed by atoms with Gasteiger partial charge >= 0.3 is 0 Å². The predicted molar refractivity (Wildman–Crippen MR) is 102 cm³/mol. The number of carboxylic acids is 1. The molecule has 27 heavy (non-hydrogen) atoms. The first-order valence-corrected chi connectivity index (χ1v) is 9.39. The molecule has 0 spiro atoms. The second kappa shape index (κ2) is 7.92. The largest absolute Gasteiger partial charge is 0.545 e. The molecular weight excluding hydrogens is 340 g/mol. The summed E-state index contributed by atoms with van der Waals surface area (Å²) in [6.45, 7) is 9.72. The van der Waals surface area contributed by atoms with Gasteiger partial charge in [0.2, 0.25) is 0 Å². The maximum Gasteiger partial charge on any atom is 0.254 e. The van der Waals surface area contributed by atoms with Crippen molar-refractivity contribution in [3.8, 4) is 0 Å². The lowest BCUT2D eigenvalue weighted by Gasteiger charge is -2.36. The van der Waals surface area contributed by atoms with E-state index in [-0.39, 0.29) is 11.5 Å². The highest BCUT2D eigenvalue weighted by Crippen LogP contribution is 2.17. The highest BCUT2D eigenvalue weighted by Gasteiger charge is 2.28. The molecule has 1 heterocycles. The molecule has 0 saturated carbocycles. The number of hydrogen-bond donors (Lipinski definition) is 1. The SMILES string of the molecule is Cc1ccc([C@H](C)[NH+]2CCN(C(=O)c3ccc(C(=O)[O-])cc3)CC2)c(C)c1. The number of piperazine rings is 1. The minimum atomic E-state index is -1.23. The second-order valence-corrected chi connectivity index (χ2v) is 7.40. The summed E-state index contributed by atoms with van der Waals surface area (Å²) in [4.78, 5) is 26.8. The summed E-state index contributed by atoms with van der Waals surface area (Å²) in [6, 6.07) is 13.0. The van der Waals surface area contributed by atoms with Crippen LogP contribution < -0.4 is 10.0 Å². The third-order valence-corrected chi connectivity index (χ3v) is 5.56. The van der Waals surface area contributed by atoms with Crippen molar-refractivity contribution in [3.63, 3.8) is 0 Å². The van der Waals surface area contributed by atoms with Crippen LogP contribution in [0.1, 0.15) is 50.4 Å². The number of aryl methyl sites for hydroxylation is 2. The zero-order valence-corrected chi connectivity index (χ0v) is 16.1. The molecule has 0 radical (unpaired) electrons. The van der Waals surface area contributed by atoms with Crippen LogP contribution in [0.15, 0.2) is 42.5 Å². The van der Waals surface area contributed by atoms with Gasteiger partial charge in [0, 0.05) is 11.1 Å². The van der Waals surface area contributed by atoms with Crippen LogP contribution in [0, 0.1) is 13.8 Å². The van der Waals surface area contributed by atoms with Crippen molar-refractivity contribution in [1.82, 2.24) is 4.90 Å². The smallest absolute Gasteiger partial charge is 0.254 e. The van der Waals surface area contributed by atoms with Crippen molar-refractivity contribution < 1.29 is 19.6 Å². The topological polar surface area (TPSA) is 64.9 Å². The molecule has 1 aliphatic rings. The van der Waals surface area contributed by atoms with Crippen molar-refractivity contribution in [2.24, 2.45) is 0 Å². The predicted octanol–water partition coefficient (Wildman–Crippen LogP) is 0.769. The van der Waals surface area contributed by atoms with Crippen LogP contribution in [0.3, 0.4) is 0 Å². The van der Waals surface area contributed by atoms with E-state index in [9.17, 15) is 14.7 Å². The van der Waals surface area contributed by atoms with Gasteiger partial charge < -0.3 is 19.7 Å². The number of rotatable bonds is 4. The van der Waals surface area contributed by atoms with Gasteiger partial charge in [-0.05, 0) is 44.0 Å². The van der Waals surface area contributed by atoms with Gasteiger partial charge in [0.1, 0.15) is 6.04 Å². The molecule has 0 bridgehead atoms. The minimum absolute atomic E-state index is 0.0434. The number of amides is 1. The van der Waals surface area contributed by atoms with Crippen molar-refractivity contribution in [2.75, 3.05) is 26.2 Å². The van der Waals surface area contributed by atoms with E-state index in [1.165, 1.54) is 33.7 Å². The zero-order valence-electron chi connectivity index (χ0n) is 16.1. The summed E-state index contributed by atoms with van der Waals surface area (Å²) >= 11 is 0. The van der Waals surface area contributed by atoms with Crippen molar-refractivity contribution >= 4 is 11.9 Å². The molecule has 2 aromatic rings. The summed E-state index contributed by atoms with van der Waals surface area (Å²) in [5, 5.41) is 10.8. The number of nitrogens with one attached hydrogen (secondary N) is 1. The van der Waals surface area contributed by atoms with Gasteiger partial charge in [0.25, 0.3) is 5.91 Å². The van der Waals surface area contributed by atoms with E-state index >= 15 is 0 Å². The molecule has 2 aromatic carbocycles. The fourth-order valence-corrected chi connectivity index (χ4v) is 3.89. The molecular formula is C22H26N2O3. The summed E-state index contributed by atoms with van der Waals surface area (Å²) in [7, 11) is 0. The third kappa shape index (κ3) is 4.19. The summed E-state index contributed by atoms with van der Waals surface area (Å²) in [5.74, 6) is -1.27. The number of carbonyl (C=O) groups excluding carboxylic acids is 2. The normalized spacial score (nSPS) is 16.2. The maximum atomic E-state index is 12.7. The first-order valence-electron chi connectivity index (χ1n) is 9.39. The Hall–Kier alpha value is -2.66. The average Bonchev–Trinajstić information content (AvgIpc) is 2.67.